The Bertz CT molecular complexity index is 402. The minimum absolute atomic E-state index is 0.149. The molecule has 1 aromatic rings. The summed E-state index contributed by atoms with van der Waals surface area (Å²) in [4.78, 5) is 13.5. The Hall–Kier alpha value is -0.810. The lowest BCUT2D eigenvalue weighted by Crippen LogP contribution is -2.41. The Labute approximate surface area is 117 Å². The normalized spacial score (nSPS) is 12.3. The van der Waals surface area contributed by atoms with Crippen LogP contribution in [0.4, 0.5) is 0 Å². The van der Waals surface area contributed by atoms with Gasteiger partial charge in [-0.25, -0.2) is 0 Å². The van der Waals surface area contributed by atoms with Crippen LogP contribution in [0.5, 0.6) is 0 Å². The number of ether oxygens (including phenoxy) is 1. The number of methoxy groups -OCH3 is 1. The Kier molecular flexibility index (Phi) is 5.88. The number of rotatable bonds is 5. The molecule has 0 heterocycles. The fourth-order valence-electron chi connectivity index (χ4n) is 1.60. The highest BCUT2D eigenvalue weighted by atomic mass is 35.5. The smallest absolute Gasteiger partial charge is 0.253 e. The van der Waals surface area contributed by atoms with Crippen LogP contribution in [0.1, 0.15) is 5.56 Å². The predicted molar refractivity (Wildman–Crippen MR) is 72.8 cm³/mol. The summed E-state index contributed by atoms with van der Waals surface area (Å²) in [7, 11) is 3.14. The third kappa shape index (κ3) is 4.14. The van der Waals surface area contributed by atoms with Gasteiger partial charge in [-0.1, -0.05) is 23.2 Å². The number of nitrogens with zero attached hydrogens (tertiary/aromatic N) is 1. The van der Waals surface area contributed by atoms with E-state index < -0.39 is 6.10 Å². The molecule has 0 saturated heterocycles. The van der Waals surface area contributed by atoms with Crippen molar-refractivity contribution in [2.24, 2.45) is 5.73 Å². The Balaban J connectivity index is 2.74. The highest BCUT2D eigenvalue weighted by Crippen LogP contribution is 2.20. The minimum atomic E-state index is -0.621. The first-order chi connectivity index (χ1) is 8.47. The average molecular weight is 291 g/mol. The molecule has 0 saturated carbocycles. The molecular weight excluding hydrogens is 275 g/mol. The number of nitrogens with two attached hydrogens (primary N) is 1. The molecule has 1 atom stereocenters. The van der Waals surface area contributed by atoms with E-state index in [2.05, 4.69) is 0 Å². The van der Waals surface area contributed by atoms with Crippen molar-refractivity contribution in [3.05, 3.63) is 33.8 Å². The second-order valence-corrected chi connectivity index (χ2v) is 4.80. The average Bonchev–Trinajstić information content (AvgIpc) is 2.28. The summed E-state index contributed by atoms with van der Waals surface area (Å²) in [6, 6.07) is 5.18. The van der Waals surface area contributed by atoms with Crippen LogP contribution in [-0.4, -0.2) is 37.6 Å². The zero-order valence-corrected chi connectivity index (χ0v) is 11.8. The summed E-state index contributed by atoms with van der Waals surface area (Å²) < 4.78 is 5.00. The molecule has 0 aromatic heterocycles. The van der Waals surface area contributed by atoms with E-state index in [9.17, 15) is 4.79 Å². The first-order valence-electron chi connectivity index (χ1n) is 5.40. The van der Waals surface area contributed by atoms with Crippen molar-refractivity contribution in [3.8, 4) is 0 Å². The predicted octanol–water partition coefficient (Wildman–Crippen LogP) is 1.93. The Morgan fingerprint density at radius 2 is 1.94 bits per heavy atom. The van der Waals surface area contributed by atoms with Crippen LogP contribution >= 0.6 is 23.2 Å². The zero-order valence-electron chi connectivity index (χ0n) is 10.3. The summed E-state index contributed by atoms with van der Waals surface area (Å²) >= 11 is 11.8. The first-order valence-corrected chi connectivity index (χ1v) is 6.16. The Morgan fingerprint density at radius 3 is 2.39 bits per heavy atom. The number of carbonyl (C=O) groups excluding carboxylic acids is 1. The lowest BCUT2D eigenvalue weighted by Gasteiger charge is -2.22. The van der Waals surface area contributed by atoms with E-state index >= 15 is 0 Å². The standard InChI is InChI=1S/C12H16Cl2N2O2/c1-16(12(17)11(6-15)18-2)7-8-3-9(13)5-10(14)4-8/h3-5,11H,6-7,15H2,1-2H3. The second-order valence-electron chi connectivity index (χ2n) is 3.93. The highest BCUT2D eigenvalue weighted by Gasteiger charge is 2.20. The quantitative estimate of drug-likeness (QED) is 0.901. The van der Waals surface area contributed by atoms with Gasteiger partial charge in [0.25, 0.3) is 5.91 Å². The van der Waals surface area contributed by atoms with Gasteiger partial charge in [0.05, 0.1) is 0 Å². The van der Waals surface area contributed by atoms with Gasteiger partial charge in [0.2, 0.25) is 0 Å². The molecule has 0 radical (unpaired) electrons. The molecule has 0 aliphatic carbocycles. The van der Waals surface area contributed by atoms with Gasteiger partial charge >= 0.3 is 0 Å². The molecule has 1 amide bonds. The molecular formula is C12H16Cl2N2O2. The zero-order chi connectivity index (χ0) is 13.7. The van der Waals surface area contributed by atoms with Crippen LogP contribution in [0, 0.1) is 0 Å². The van der Waals surface area contributed by atoms with Crippen molar-refractivity contribution in [1.82, 2.24) is 4.90 Å². The molecule has 6 heteroatoms. The molecule has 0 bridgehead atoms. The Morgan fingerprint density at radius 1 is 1.39 bits per heavy atom. The van der Waals surface area contributed by atoms with Gasteiger partial charge in [0, 0.05) is 37.3 Å². The van der Waals surface area contributed by atoms with Crippen LogP contribution in [0.2, 0.25) is 10.0 Å². The lowest BCUT2D eigenvalue weighted by molar-refractivity contribution is -0.140. The van der Waals surface area contributed by atoms with E-state index in [1.54, 1.807) is 25.2 Å². The van der Waals surface area contributed by atoms with E-state index in [1.165, 1.54) is 12.0 Å². The van der Waals surface area contributed by atoms with Gasteiger partial charge < -0.3 is 15.4 Å². The van der Waals surface area contributed by atoms with E-state index in [0.717, 1.165) is 5.56 Å². The van der Waals surface area contributed by atoms with Crippen molar-refractivity contribution < 1.29 is 9.53 Å². The molecule has 0 spiro atoms. The summed E-state index contributed by atoms with van der Waals surface area (Å²) in [5.41, 5.74) is 6.31. The number of benzene rings is 1. The van der Waals surface area contributed by atoms with E-state index in [0.29, 0.717) is 16.6 Å². The molecule has 4 nitrogen and oxygen atoms in total. The highest BCUT2D eigenvalue weighted by molar-refractivity contribution is 6.34. The number of carbonyl (C=O) groups is 1. The number of amides is 1. The third-order valence-corrected chi connectivity index (χ3v) is 2.93. The van der Waals surface area contributed by atoms with Crippen LogP contribution in [-0.2, 0) is 16.1 Å². The number of likely N-dealkylation sites (N-methyl/N-ethyl adjacent to an activating group) is 1. The van der Waals surface area contributed by atoms with Crippen molar-refractivity contribution in [1.29, 1.82) is 0 Å². The van der Waals surface area contributed by atoms with Crippen LogP contribution in [0.15, 0.2) is 18.2 Å². The number of hydrogen-bond donors (Lipinski definition) is 1. The van der Waals surface area contributed by atoms with Gasteiger partial charge in [-0.15, -0.1) is 0 Å². The summed E-state index contributed by atoms with van der Waals surface area (Å²) in [6.45, 7) is 0.551. The maximum atomic E-state index is 11.9. The van der Waals surface area contributed by atoms with Crippen molar-refractivity contribution in [2.45, 2.75) is 12.6 Å². The molecule has 0 aliphatic rings. The molecule has 0 fully saturated rings. The van der Waals surface area contributed by atoms with Crippen molar-refractivity contribution in [2.75, 3.05) is 20.7 Å². The summed E-state index contributed by atoms with van der Waals surface area (Å²) in [6.07, 6.45) is -0.621. The van der Waals surface area contributed by atoms with E-state index in [-0.39, 0.29) is 12.5 Å². The van der Waals surface area contributed by atoms with Gasteiger partial charge in [0.1, 0.15) is 6.10 Å². The maximum Gasteiger partial charge on any atom is 0.253 e. The van der Waals surface area contributed by atoms with Gasteiger partial charge in [-0.05, 0) is 23.8 Å². The first kappa shape index (κ1) is 15.2. The van der Waals surface area contributed by atoms with E-state index in [1.807, 2.05) is 0 Å². The van der Waals surface area contributed by atoms with Crippen LogP contribution < -0.4 is 5.73 Å². The second kappa shape index (κ2) is 6.95. The summed E-state index contributed by atoms with van der Waals surface area (Å²) in [5.74, 6) is -0.170. The molecule has 1 aromatic carbocycles. The van der Waals surface area contributed by atoms with Gasteiger partial charge in [0.15, 0.2) is 0 Å². The number of hydrogen-bond acceptors (Lipinski definition) is 3. The van der Waals surface area contributed by atoms with Gasteiger partial charge in [-0.3, -0.25) is 4.79 Å². The summed E-state index contributed by atoms with van der Waals surface area (Å²) in [5, 5.41) is 1.08. The molecule has 1 unspecified atom stereocenters. The largest absolute Gasteiger partial charge is 0.370 e. The van der Waals surface area contributed by atoms with Crippen LogP contribution in [0.25, 0.3) is 0 Å². The molecule has 2 N–H and O–H groups in total. The third-order valence-electron chi connectivity index (χ3n) is 2.49. The molecule has 1 rings (SSSR count). The minimum Gasteiger partial charge on any atom is -0.370 e. The van der Waals surface area contributed by atoms with Crippen LogP contribution in [0.3, 0.4) is 0 Å². The monoisotopic (exact) mass is 290 g/mol. The molecule has 100 valence electrons. The van der Waals surface area contributed by atoms with Crippen molar-refractivity contribution in [3.63, 3.8) is 0 Å². The SMILES string of the molecule is COC(CN)C(=O)N(C)Cc1cc(Cl)cc(Cl)c1. The lowest BCUT2D eigenvalue weighted by atomic mass is 10.2. The van der Waals surface area contributed by atoms with E-state index in [4.69, 9.17) is 33.7 Å². The molecule has 18 heavy (non-hydrogen) atoms. The molecule has 0 aliphatic heterocycles. The fourth-order valence-corrected chi connectivity index (χ4v) is 2.17. The number of halogens is 2. The topological polar surface area (TPSA) is 55.6 Å². The van der Waals surface area contributed by atoms with Gasteiger partial charge in [-0.2, -0.15) is 0 Å². The van der Waals surface area contributed by atoms with Crippen molar-refractivity contribution >= 4 is 29.1 Å². The fraction of sp³-hybridized carbons (Fsp3) is 0.417. The maximum absolute atomic E-state index is 11.9.